The maximum absolute atomic E-state index is 11.4. The highest BCUT2D eigenvalue weighted by Crippen LogP contribution is 2.27. The van der Waals surface area contributed by atoms with Crippen LogP contribution in [-0.4, -0.2) is 15.7 Å². The smallest absolute Gasteiger partial charge is 0.221 e. The molecule has 28 heavy (non-hydrogen) atoms. The molecule has 0 spiro atoms. The zero-order valence-electron chi connectivity index (χ0n) is 16.9. The van der Waals surface area contributed by atoms with Crippen molar-refractivity contribution >= 4 is 28.9 Å². The normalized spacial score (nSPS) is 10.8. The zero-order chi connectivity index (χ0) is 20.4. The number of carbonyl (C=O) groups is 1. The van der Waals surface area contributed by atoms with Crippen LogP contribution in [0.1, 0.15) is 34.9 Å². The van der Waals surface area contributed by atoms with Crippen LogP contribution in [0.2, 0.25) is 5.15 Å². The molecule has 0 aliphatic carbocycles. The minimum atomic E-state index is -0.0889. The Hall–Kier alpha value is -2.79. The second-order valence-electron chi connectivity index (χ2n) is 7.12. The standard InChI is InChI=1S/C22H25ClN4O/c1-13-6-7-15(3)21(10-13)27-22(23)19(16(4)26-27)12-24-18-9-8-14(2)20(11-18)25-17(5)28/h6-11,24H,12H2,1-5H3,(H,25,28). The van der Waals surface area contributed by atoms with Crippen molar-refractivity contribution in [2.24, 2.45) is 0 Å². The number of hydrogen-bond donors (Lipinski definition) is 2. The minimum absolute atomic E-state index is 0.0889. The Balaban J connectivity index is 1.85. The van der Waals surface area contributed by atoms with E-state index in [-0.39, 0.29) is 5.91 Å². The highest BCUT2D eigenvalue weighted by Gasteiger charge is 2.16. The lowest BCUT2D eigenvalue weighted by molar-refractivity contribution is -0.114. The number of halogens is 1. The van der Waals surface area contributed by atoms with E-state index in [0.717, 1.165) is 45.0 Å². The highest BCUT2D eigenvalue weighted by molar-refractivity contribution is 6.30. The summed E-state index contributed by atoms with van der Waals surface area (Å²) in [6, 6.07) is 12.1. The van der Waals surface area contributed by atoms with Crippen molar-refractivity contribution in [3.05, 3.63) is 69.5 Å². The molecule has 1 heterocycles. The summed E-state index contributed by atoms with van der Waals surface area (Å²) in [5.74, 6) is -0.0889. The van der Waals surface area contributed by atoms with E-state index in [2.05, 4.69) is 47.8 Å². The van der Waals surface area contributed by atoms with Gasteiger partial charge in [0, 0.05) is 30.4 Å². The van der Waals surface area contributed by atoms with Crippen LogP contribution in [0.3, 0.4) is 0 Å². The predicted molar refractivity (Wildman–Crippen MR) is 116 cm³/mol. The second kappa shape index (κ2) is 8.07. The summed E-state index contributed by atoms with van der Waals surface area (Å²) in [6.45, 7) is 10.1. The van der Waals surface area contributed by atoms with Crippen molar-refractivity contribution in [2.75, 3.05) is 10.6 Å². The summed E-state index contributed by atoms with van der Waals surface area (Å²) in [6.07, 6.45) is 0. The second-order valence-corrected chi connectivity index (χ2v) is 7.48. The molecule has 0 radical (unpaired) electrons. The van der Waals surface area contributed by atoms with Crippen LogP contribution in [0.25, 0.3) is 5.69 Å². The fraction of sp³-hybridized carbons (Fsp3) is 0.273. The van der Waals surface area contributed by atoms with E-state index in [1.54, 1.807) is 4.68 Å². The van der Waals surface area contributed by atoms with E-state index in [1.165, 1.54) is 6.92 Å². The monoisotopic (exact) mass is 396 g/mol. The fourth-order valence-electron chi connectivity index (χ4n) is 3.09. The van der Waals surface area contributed by atoms with Gasteiger partial charge in [0.1, 0.15) is 5.15 Å². The van der Waals surface area contributed by atoms with Crippen LogP contribution in [-0.2, 0) is 11.3 Å². The number of anilines is 2. The van der Waals surface area contributed by atoms with Gasteiger partial charge in [0.05, 0.1) is 11.4 Å². The molecular formula is C22H25ClN4O. The molecule has 146 valence electrons. The molecule has 0 unspecified atom stereocenters. The predicted octanol–water partition coefficient (Wildman–Crippen LogP) is 5.33. The first-order chi connectivity index (χ1) is 13.3. The Morgan fingerprint density at radius 2 is 1.79 bits per heavy atom. The fourth-order valence-corrected chi connectivity index (χ4v) is 3.42. The molecule has 6 heteroatoms. The van der Waals surface area contributed by atoms with E-state index < -0.39 is 0 Å². The van der Waals surface area contributed by atoms with Crippen LogP contribution in [0, 0.1) is 27.7 Å². The van der Waals surface area contributed by atoms with Crippen molar-refractivity contribution in [1.82, 2.24) is 9.78 Å². The molecule has 1 aromatic heterocycles. The minimum Gasteiger partial charge on any atom is -0.381 e. The molecule has 3 aromatic rings. The number of aryl methyl sites for hydroxylation is 4. The molecule has 0 aliphatic heterocycles. The van der Waals surface area contributed by atoms with Gasteiger partial charge in [0.15, 0.2) is 0 Å². The van der Waals surface area contributed by atoms with Crippen LogP contribution in [0.5, 0.6) is 0 Å². The largest absolute Gasteiger partial charge is 0.381 e. The van der Waals surface area contributed by atoms with Crippen molar-refractivity contribution in [2.45, 2.75) is 41.2 Å². The lowest BCUT2D eigenvalue weighted by atomic mass is 10.1. The van der Waals surface area contributed by atoms with Gasteiger partial charge >= 0.3 is 0 Å². The lowest BCUT2D eigenvalue weighted by Gasteiger charge is -2.12. The van der Waals surface area contributed by atoms with Crippen molar-refractivity contribution in [3.63, 3.8) is 0 Å². The van der Waals surface area contributed by atoms with E-state index in [4.69, 9.17) is 11.6 Å². The first-order valence-electron chi connectivity index (χ1n) is 9.20. The molecule has 2 aromatic carbocycles. The van der Waals surface area contributed by atoms with Crippen LogP contribution in [0.15, 0.2) is 36.4 Å². The van der Waals surface area contributed by atoms with Crippen molar-refractivity contribution in [3.8, 4) is 5.69 Å². The summed E-state index contributed by atoms with van der Waals surface area (Å²) < 4.78 is 1.80. The number of hydrogen-bond acceptors (Lipinski definition) is 3. The average Bonchev–Trinajstić information content (AvgIpc) is 2.91. The lowest BCUT2D eigenvalue weighted by Crippen LogP contribution is -2.08. The number of nitrogens with zero attached hydrogens (tertiary/aromatic N) is 2. The van der Waals surface area contributed by atoms with Gasteiger partial charge in [-0.05, 0) is 62.6 Å². The van der Waals surface area contributed by atoms with Gasteiger partial charge in [0.2, 0.25) is 5.91 Å². The van der Waals surface area contributed by atoms with Gasteiger partial charge in [-0.3, -0.25) is 4.79 Å². The Kier molecular flexibility index (Phi) is 5.75. The number of aromatic nitrogens is 2. The molecule has 0 aliphatic rings. The van der Waals surface area contributed by atoms with Crippen molar-refractivity contribution < 1.29 is 4.79 Å². The molecule has 0 bridgehead atoms. The maximum Gasteiger partial charge on any atom is 0.221 e. The first kappa shape index (κ1) is 20.0. The molecule has 1 amide bonds. The Morgan fingerprint density at radius 1 is 1.07 bits per heavy atom. The van der Waals surface area contributed by atoms with Gasteiger partial charge in [-0.2, -0.15) is 5.10 Å². The average molecular weight is 397 g/mol. The Labute approximate surface area is 170 Å². The Morgan fingerprint density at radius 3 is 2.50 bits per heavy atom. The first-order valence-corrected chi connectivity index (χ1v) is 9.58. The van der Waals surface area contributed by atoms with E-state index in [0.29, 0.717) is 11.7 Å². The van der Waals surface area contributed by atoms with Gasteiger partial charge in [-0.15, -0.1) is 0 Å². The number of rotatable bonds is 5. The van der Waals surface area contributed by atoms with Gasteiger partial charge in [-0.1, -0.05) is 29.8 Å². The Bertz CT molecular complexity index is 1040. The summed E-state index contributed by atoms with van der Waals surface area (Å²) >= 11 is 6.68. The van der Waals surface area contributed by atoms with E-state index in [1.807, 2.05) is 32.0 Å². The number of benzene rings is 2. The third-order valence-electron chi connectivity index (χ3n) is 4.73. The van der Waals surface area contributed by atoms with Crippen LogP contribution >= 0.6 is 11.6 Å². The third kappa shape index (κ3) is 4.20. The summed E-state index contributed by atoms with van der Waals surface area (Å²) in [7, 11) is 0. The number of amides is 1. The third-order valence-corrected chi connectivity index (χ3v) is 5.12. The molecule has 3 rings (SSSR count). The SMILES string of the molecule is CC(=O)Nc1cc(NCc2c(C)nn(-c3cc(C)ccc3C)c2Cl)ccc1C. The maximum atomic E-state index is 11.4. The topological polar surface area (TPSA) is 59.0 Å². The van der Waals surface area contributed by atoms with Crippen molar-refractivity contribution in [1.29, 1.82) is 0 Å². The molecule has 2 N–H and O–H groups in total. The van der Waals surface area contributed by atoms with Crippen LogP contribution < -0.4 is 10.6 Å². The molecule has 0 atom stereocenters. The van der Waals surface area contributed by atoms with Gasteiger partial charge < -0.3 is 10.6 Å². The van der Waals surface area contributed by atoms with Gasteiger partial charge in [-0.25, -0.2) is 4.68 Å². The number of nitrogens with one attached hydrogen (secondary N) is 2. The summed E-state index contributed by atoms with van der Waals surface area (Å²) in [5.41, 5.74) is 7.82. The highest BCUT2D eigenvalue weighted by atomic mass is 35.5. The molecule has 5 nitrogen and oxygen atoms in total. The molecule has 0 saturated heterocycles. The molecular weight excluding hydrogens is 372 g/mol. The van der Waals surface area contributed by atoms with Crippen LogP contribution in [0.4, 0.5) is 11.4 Å². The molecule has 0 saturated carbocycles. The quantitative estimate of drug-likeness (QED) is 0.612. The van der Waals surface area contributed by atoms with E-state index >= 15 is 0 Å². The zero-order valence-corrected chi connectivity index (χ0v) is 17.6. The number of carbonyl (C=O) groups excluding carboxylic acids is 1. The van der Waals surface area contributed by atoms with E-state index in [9.17, 15) is 4.79 Å². The summed E-state index contributed by atoms with van der Waals surface area (Å²) in [5, 5.41) is 11.5. The van der Waals surface area contributed by atoms with Gasteiger partial charge in [0.25, 0.3) is 0 Å². The summed E-state index contributed by atoms with van der Waals surface area (Å²) in [4.78, 5) is 11.4. The molecule has 0 fully saturated rings.